The molecule has 0 radical (unpaired) electrons. The van der Waals surface area contributed by atoms with Gasteiger partial charge in [0.1, 0.15) is 0 Å². The number of sulfonamides is 1. The molecule has 29 heavy (non-hydrogen) atoms. The summed E-state index contributed by atoms with van der Waals surface area (Å²) in [4.78, 5) is 12.1. The van der Waals surface area contributed by atoms with Gasteiger partial charge in [-0.2, -0.15) is 0 Å². The van der Waals surface area contributed by atoms with Crippen LogP contribution in [-0.2, 0) is 10.0 Å². The minimum Gasteiger partial charge on any atom is -0.385 e. The third kappa shape index (κ3) is 6.71. The lowest BCUT2D eigenvalue weighted by atomic mass is 9.86. The minimum atomic E-state index is -3.29. The van der Waals surface area contributed by atoms with Crippen molar-refractivity contribution < 1.29 is 13.2 Å². The van der Waals surface area contributed by atoms with Crippen LogP contribution in [0, 0.1) is 12.8 Å². The van der Waals surface area contributed by atoms with E-state index in [2.05, 4.69) is 15.4 Å². The molecule has 1 aliphatic rings. The molecule has 3 N–H and O–H groups in total. The van der Waals surface area contributed by atoms with Gasteiger partial charge in [-0.1, -0.05) is 0 Å². The van der Waals surface area contributed by atoms with Crippen LogP contribution in [0.1, 0.15) is 76.2 Å². The molecule has 1 aromatic rings. The molecule has 1 saturated carbocycles. The molecule has 7 heteroatoms. The van der Waals surface area contributed by atoms with E-state index in [-0.39, 0.29) is 18.0 Å². The Kier molecular flexibility index (Phi) is 7.74. The Labute approximate surface area is 176 Å². The van der Waals surface area contributed by atoms with Gasteiger partial charge in [0.15, 0.2) is 0 Å². The highest BCUT2D eigenvalue weighted by Crippen LogP contribution is 2.27. The van der Waals surface area contributed by atoms with E-state index >= 15 is 0 Å². The first-order valence-electron chi connectivity index (χ1n) is 10.6. The van der Waals surface area contributed by atoms with Crippen LogP contribution in [0.15, 0.2) is 18.2 Å². The van der Waals surface area contributed by atoms with E-state index in [9.17, 15) is 13.2 Å². The molecule has 0 aliphatic heterocycles. The molecule has 2 rings (SSSR count). The van der Waals surface area contributed by atoms with Crippen LogP contribution < -0.4 is 15.4 Å². The summed E-state index contributed by atoms with van der Waals surface area (Å²) in [6.45, 7) is 11.9. The summed E-state index contributed by atoms with van der Waals surface area (Å²) in [6.07, 6.45) is 3.74. The van der Waals surface area contributed by atoms with Gasteiger partial charge in [-0.3, -0.25) is 4.79 Å². The van der Waals surface area contributed by atoms with E-state index in [4.69, 9.17) is 0 Å². The molecule has 6 nitrogen and oxygen atoms in total. The van der Waals surface area contributed by atoms with Crippen molar-refractivity contribution in [3.05, 3.63) is 29.3 Å². The summed E-state index contributed by atoms with van der Waals surface area (Å²) in [7, 11) is -3.29. The highest BCUT2D eigenvalue weighted by atomic mass is 32.2. The van der Waals surface area contributed by atoms with Gasteiger partial charge in [-0.15, -0.1) is 0 Å². The molecule has 164 valence electrons. The fourth-order valence-electron chi connectivity index (χ4n) is 3.48. The van der Waals surface area contributed by atoms with Crippen molar-refractivity contribution in [3.8, 4) is 0 Å². The lowest BCUT2D eigenvalue weighted by Crippen LogP contribution is -2.46. The Morgan fingerprint density at radius 2 is 1.76 bits per heavy atom. The van der Waals surface area contributed by atoms with Crippen LogP contribution in [0.2, 0.25) is 0 Å². The molecule has 0 heterocycles. The SMILES string of the molecule is Cc1cc(C(=O)NC(C)C)ccc1NCC1CCC(NS(=O)(=O)C(C)(C)C)CC1. The first-order valence-corrected chi connectivity index (χ1v) is 12.0. The second-order valence-corrected chi connectivity index (χ2v) is 12.0. The van der Waals surface area contributed by atoms with Gasteiger partial charge in [0, 0.05) is 29.9 Å². The third-order valence-electron chi connectivity index (χ3n) is 5.46. The summed E-state index contributed by atoms with van der Waals surface area (Å²) in [5.41, 5.74) is 2.77. The molecule has 1 fully saturated rings. The summed E-state index contributed by atoms with van der Waals surface area (Å²) in [6, 6.07) is 5.89. The zero-order valence-electron chi connectivity index (χ0n) is 18.6. The monoisotopic (exact) mass is 423 g/mol. The number of anilines is 1. The Morgan fingerprint density at radius 3 is 2.28 bits per heavy atom. The molecule has 0 spiro atoms. The number of amides is 1. The molecule has 1 aromatic carbocycles. The van der Waals surface area contributed by atoms with Gasteiger partial charge in [-0.05, 0) is 96.9 Å². The molecule has 1 aliphatic carbocycles. The molecule has 0 saturated heterocycles. The van der Waals surface area contributed by atoms with Crippen molar-refractivity contribution in [3.63, 3.8) is 0 Å². The second kappa shape index (κ2) is 9.47. The van der Waals surface area contributed by atoms with Crippen molar-refractivity contribution in [1.82, 2.24) is 10.0 Å². The van der Waals surface area contributed by atoms with E-state index in [0.717, 1.165) is 43.5 Å². The summed E-state index contributed by atoms with van der Waals surface area (Å²) < 4.78 is 26.8. The number of benzene rings is 1. The van der Waals surface area contributed by atoms with Crippen LogP contribution in [0.4, 0.5) is 5.69 Å². The Hall–Kier alpha value is -1.60. The first kappa shape index (κ1) is 23.7. The Bertz CT molecular complexity index is 805. The van der Waals surface area contributed by atoms with Gasteiger partial charge in [0.05, 0.1) is 4.75 Å². The smallest absolute Gasteiger partial charge is 0.251 e. The average Bonchev–Trinajstić information content (AvgIpc) is 2.60. The average molecular weight is 424 g/mol. The highest BCUT2D eigenvalue weighted by molar-refractivity contribution is 7.90. The standard InChI is InChI=1S/C22H37N3O3S/c1-15(2)24-21(26)18-9-12-20(16(3)13-18)23-14-17-7-10-19(11-8-17)25-29(27,28)22(4,5)6/h9,12-13,15,17,19,23,25H,7-8,10-11,14H2,1-6H3,(H,24,26). The maximum Gasteiger partial charge on any atom is 0.251 e. The van der Waals surface area contributed by atoms with Crippen molar-refractivity contribution in [2.45, 2.75) is 84.1 Å². The fourth-order valence-corrected chi connectivity index (χ4v) is 4.51. The van der Waals surface area contributed by atoms with Crippen molar-refractivity contribution >= 4 is 21.6 Å². The maximum absolute atomic E-state index is 12.3. The van der Waals surface area contributed by atoms with Crippen molar-refractivity contribution in [2.24, 2.45) is 5.92 Å². The number of hydrogen-bond acceptors (Lipinski definition) is 4. The highest BCUT2D eigenvalue weighted by Gasteiger charge is 2.32. The van der Waals surface area contributed by atoms with Crippen molar-refractivity contribution in [1.29, 1.82) is 0 Å². The van der Waals surface area contributed by atoms with Gasteiger partial charge in [-0.25, -0.2) is 13.1 Å². The van der Waals surface area contributed by atoms with E-state index < -0.39 is 14.8 Å². The topological polar surface area (TPSA) is 87.3 Å². The number of carbonyl (C=O) groups excluding carboxylic acids is 1. The van der Waals surface area contributed by atoms with Gasteiger partial charge in [0.2, 0.25) is 10.0 Å². The van der Waals surface area contributed by atoms with E-state index in [1.54, 1.807) is 20.8 Å². The molecule has 0 unspecified atom stereocenters. The summed E-state index contributed by atoms with van der Waals surface area (Å²) in [5.74, 6) is 0.472. The molecule has 0 aromatic heterocycles. The Balaban J connectivity index is 1.84. The van der Waals surface area contributed by atoms with Crippen LogP contribution in [0.5, 0.6) is 0 Å². The largest absolute Gasteiger partial charge is 0.385 e. The number of carbonyl (C=O) groups is 1. The molecular formula is C22H37N3O3S. The normalized spacial score (nSPS) is 20.5. The summed E-state index contributed by atoms with van der Waals surface area (Å²) in [5, 5.41) is 6.42. The zero-order chi connectivity index (χ0) is 21.8. The van der Waals surface area contributed by atoms with E-state index in [1.807, 2.05) is 39.0 Å². The van der Waals surface area contributed by atoms with Crippen molar-refractivity contribution in [2.75, 3.05) is 11.9 Å². The molecule has 0 atom stereocenters. The third-order valence-corrected chi connectivity index (χ3v) is 7.72. The van der Waals surface area contributed by atoms with E-state index in [0.29, 0.717) is 11.5 Å². The maximum atomic E-state index is 12.3. The second-order valence-electron chi connectivity index (χ2n) is 9.49. The number of aryl methyl sites for hydroxylation is 1. The lowest BCUT2D eigenvalue weighted by molar-refractivity contribution is 0.0943. The van der Waals surface area contributed by atoms with E-state index in [1.165, 1.54) is 0 Å². The van der Waals surface area contributed by atoms with Crippen LogP contribution in [-0.4, -0.2) is 37.7 Å². The molecular weight excluding hydrogens is 386 g/mol. The number of hydrogen-bond donors (Lipinski definition) is 3. The van der Waals surface area contributed by atoms with Crippen LogP contribution in [0.3, 0.4) is 0 Å². The van der Waals surface area contributed by atoms with Crippen LogP contribution in [0.25, 0.3) is 0 Å². The molecule has 0 bridgehead atoms. The van der Waals surface area contributed by atoms with Gasteiger partial charge < -0.3 is 10.6 Å². The zero-order valence-corrected chi connectivity index (χ0v) is 19.4. The lowest BCUT2D eigenvalue weighted by Gasteiger charge is -2.31. The first-order chi connectivity index (χ1) is 13.4. The number of rotatable bonds is 7. The van der Waals surface area contributed by atoms with Gasteiger partial charge >= 0.3 is 0 Å². The minimum absolute atomic E-state index is 0.0379. The number of nitrogens with one attached hydrogen (secondary N) is 3. The quantitative estimate of drug-likeness (QED) is 0.622. The fraction of sp³-hybridized carbons (Fsp3) is 0.682. The van der Waals surface area contributed by atoms with Crippen LogP contribution >= 0.6 is 0 Å². The Morgan fingerprint density at radius 1 is 1.14 bits per heavy atom. The predicted molar refractivity (Wildman–Crippen MR) is 120 cm³/mol. The molecule has 1 amide bonds. The van der Waals surface area contributed by atoms with Gasteiger partial charge in [0.25, 0.3) is 5.91 Å². The predicted octanol–water partition coefficient (Wildman–Crippen LogP) is 3.82. The summed E-state index contributed by atoms with van der Waals surface area (Å²) >= 11 is 0.